The van der Waals surface area contributed by atoms with Crippen LogP contribution in [0, 0.1) is 10.1 Å². The lowest BCUT2D eigenvalue weighted by molar-refractivity contribution is -0.383. The number of aromatic nitrogens is 1. The number of oxazole rings is 1. The molecule has 24 heavy (non-hydrogen) atoms. The zero-order valence-corrected chi connectivity index (χ0v) is 13.6. The average molecular weight is 364 g/mol. The summed E-state index contributed by atoms with van der Waals surface area (Å²) in [5, 5.41) is 14.1. The van der Waals surface area contributed by atoms with Crippen molar-refractivity contribution in [2.45, 2.75) is 5.22 Å². The molecule has 0 saturated heterocycles. The van der Waals surface area contributed by atoms with Gasteiger partial charge in [-0.25, -0.2) is 4.98 Å². The SMILES string of the molecule is O=C(CSc1nc2ccccc2o1)Nc1cc(Cl)ccc1[N+](=O)[O-]. The fourth-order valence-electron chi connectivity index (χ4n) is 1.99. The van der Waals surface area contributed by atoms with Crippen molar-refractivity contribution in [2.75, 3.05) is 11.1 Å². The molecule has 2 aromatic carbocycles. The fraction of sp³-hybridized carbons (Fsp3) is 0.0667. The van der Waals surface area contributed by atoms with Gasteiger partial charge in [-0.2, -0.15) is 0 Å². The van der Waals surface area contributed by atoms with Crippen LogP contribution in [0.4, 0.5) is 11.4 Å². The molecule has 122 valence electrons. The fourth-order valence-corrected chi connectivity index (χ4v) is 2.80. The van der Waals surface area contributed by atoms with Crippen molar-refractivity contribution < 1.29 is 14.1 Å². The van der Waals surface area contributed by atoms with Crippen molar-refractivity contribution in [3.05, 3.63) is 57.6 Å². The predicted octanol–water partition coefficient (Wildman–Crippen LogP) is 4.12. The molecule has 0 aliphatic rings. The lowest BCUT2D eigenvalue weighted by Gasteiger charge is -2.05. The van der Waals surface area contributed by atoms with Gasteiger partial charge in [0.2, 0.25) is 5.91 Å². The molecule has 7 nitrogen and oxygen atoms in total. The second-order valence-corrected chi connectivity index (χ2v) is 6.07. The second-order valence-electron chi connectivity index (χ2n) is 4.70. The Hall–Kier alpha value is -2.58. The molecule has 0 saturated carbocycles. The lowest BCUT2D eigenvalue weighted by Crippen LogP contribution is -2.15. The lowest BCUT2D eigenvalue weighted by atomic mass is 10.2. The number of rotatable bonds is 5. The molecule has 9 heteroatoms. The minimum atomic E-state index is -0.583. The van der Waals surface area contributed by atoms with E-state index in [1.54, 1.807) is 12.1 Å². The normalized spacial score (nSPS) is 10.7. The summed E-state index contributed by atoms with van der Waals surface area (Å²) in [7, 11) is 0. The van der Waals surface area contributed by atoms with E-state index in [-0.39, 0.29) is 17.1 Å². The average Bonchev–Trinajstić information content (AvgIpc) is 2.95. The molecule has 0 bridgehead atoms. The van der Waals surface area contributed by atoms with E-state index < -0.39 is 10.8 Å². The molecule has 1 N–H and O–H groups in total. The highest BCUT2D eigenvalue weighted by Crippen LogP contribution is 2.28. The van der Waals surface area contributed by atoms with E-state index in [9.17, 15) is 14.9 Å². The van der Waals surface area contributed by atoms with Gasteiger partial charge in [0, 0.05) is 11.1 Å². The van der Waals surface area contributed by atoms with Crippen LogP contribution in [0.2, 0.25) is 5.02 Å². The minimum absolute atomic E-state index is 0.00348. The number of benzene rings is 2. The minimum Gasteiger partial charge on any atom is -0.431 e. The Labute approximate surface area is 145 Å². The zero-order valence-electron chi connectivity index (χ0n) is 12.1. The maximum Gasteiger partial charge on any atom is 0.292 e. The highest BCUT2D eigenvalue weighted by atomic mass is 35.5. The first-order chi connectivity index (χ1) is 11.5. The topological polar surface area (TPSA) is 98.3 Å². The van der Waals surface area contributed by atoms with Crippen molar-refractivity contribution in [3.63, 3.8) is 0 Å². The summed E-state index contributed by atoms with van der Waals surface area (Å²) in [5.41, 5.74) is 1.16. The smallest absolute Gasteiger partial charge is 0.292 e. The molecule has 0 unspecified atom stereocenters. The standard InChI is InChI=1S/C15H10ClN3O4S/c16-9-5-6-12(19(21)22)11(7-9)17-14(20)8-24-15-18-10-3-1-2-4-13(10)23-15/h1-7H,8H2,(H,17,20). The summed E-state index contributed by atoms with van der Waals surface area (Å²) in [4.78, 5) is 26.6. The summed E-state index contributed by atoms with van der Waals surface area (Å²) < 4.78 is 5.49. The van der Waals surface area contributed by atoms with Gasteiger partial charge in [0.05, 0.1) is 10.7 Å². The molecule has 0 aliphatic carbocycles. The van der Waals surface area contributed by atoms with Crippen LogP contribution in [-0.4, -0.2) is 21.6 Å². The van der Waals surface area contributed by atoms with E-state index in [0.717, 1.165) is 11.8 Å². The molecule has 0 aliphatic heterocycles. The van der Waals surface area contributed by atoms with Crippen molar-refractivity contribution >= 4 is 51.7 Å². The van der Waals surface area contributed by atoms with E-state index in [4.69, 9.17) is 16.0 Å². The van der Waals surface area contributed by atoms with Crippen LogP contribution in [0.3, 0.4) is 0 Å². The molecule has 1 amide bonds. The van der Waals surface area contributed by atoms with Crippen molar-refractivity contribution in [3.8, 4) is 0 Å². The Morgan fingerprint density at radius 2 is 2.12 bits per heavy atom. The first-order valence-electron chi connectivity index (χ1n) is 6.75. The largest absolute Gasteiger partial charge is 0.431 e. The number of carbonyl (C=O) groups excluding carboxylic acids is 1. The number of fused-ring (bicyclic) bond motifs is 1. The number of halogens is 1. The van der Waals surface area contributed by atoms with Crippen LogP contribution in [0.5, 0.6) is 0 Å². The summed E-state index contributed by atoms with van der Waals surface area (Å²) in [6.45, 7) is 0. The molecule has 3 rings (SSSR count). The maximum absolute atomic E-state index is 12.0. The van der Waals surface area contributed by atoms with Gasteiger partial charge in [-0.15, -0.1) is 0 Å². The Morgan fingerprint density at radius 1 is 1.33 bits per heavy atom. The highest BCUT2D eigenvalue weighted by molar-refractivity contribution is 7.99. The summed E-state index contributed by atoms with van der Waals surface area (Å²) in [5.74, 6) is -0.427. The number of nitrogens with zero attached hydrogens (tertiary/aromatic N) is 2. The van der Waals surface area contributed by atoms with Crippen LogP contribution in [0.15, 0.2) is 52.1 Å². The number of carbonyl (C=O) groups is 1. The Bertz CT molecular complexity index is 895. The number of hydrogen-bond acceptors (Lipinski definition) is 6. The van der Waals surface area contributed by atoms with Gasteiger partial charge in [-0.05, 0) is 24.3 Å². The van der Waals surface area contributed by atoms with Crippen LogP contribution >= 0.6 is 23.4 Å². The number of para-hydroxylation sites is 2. The third kappa shape index (κ3) is 3.66. The quantitative estimate of drug-likeness (QED) is 0.416. The Kier molecular flexibility index (Phi) is 4.68. The van der Waals surface area contributed by atoms with Gasteiger partial charge in [0.1, 0.15) is 11.2 Å². The Morgan fingerprint density at radius 3 is 2.88 bits per heavy atom. The van der Waals surface area contributed by atoms with Crippen molar-refractivity contribution in [1.29, 1.82) is 0 Å². The van der Waals surface area contributed by atoms with Crippen molar-refractivity contribution in [2.24, 2.45) is 0 Å². The van der Waals surface area contributed by atoms with Gasteiger partial charge < -0.3 is 9.73 Å². The van der Waals surface area contributed by atoms with Gasteiger partial charge in [-0.3, -0.25) is 14.9 Å². The highest BCUT2D eigenvalue weighted by Gasteiger charge is 2.17. The first-order valence-corrected chi connectivity index (χ1v) is 8.11. The number of hydrogen-bond donors (Lipinski definition) is 1. The van der Waals surface area contributed by atoms with E-state index >= 15 is 0 Å². The molecule has 0 radical (unpaired) electrons. The molecule has 1 aromatic heterocycles. The van der Waals surface area contributed by atoms with Gasteiger partial charge >= 0.3 is 0 Å². The van der Waals surface area contributed by atoms with Crippen LogP contribution < -0.4 is 5.32 Å². The van der Waals surface area contributed by atoms with E-state index in [2.05, 4.69) is 10.3 Å². The summed E-state index contributed by atoms with van der Waals surface area (Å²) in [6, 6.07) is 11.2. The number of nitro benzene ring substituents is 1. The van der Waals surface area contributed by atoms with Gasteiger partial charge in [0.15, 0.2) is 5.58 Å². The third-order valence-corrected chi connectivity index (χ3v) is 4.09. The number of nitrogens with one attached hydrogen (secondary N) is 1. The molecule has 3 aromatic rings. The van der Waals surface area contributed by atoms with Crippen LogP contribution in [0.25, 0.3) is 11.1 Å². The molecular weight excluding hydrogens is 354 g/mol. The monoisotopic (exact) mass is 363 g/mol. The Balaban J connectivity index is 1.67. The number of anilines is 1. The molecular formula is C15H10ClN3O4S. The van der Waals surface area contributed by atoms with Crippen molar-refractivity contribution in [1.82, 2.24) is 4.98 Å². The molecule has 1 heterocycles. The number of amides is 1. The zero-order chi connectivity index (χ0) is 17.1. The van der Waals surface area contributed by atoms with Crippen LogP contribution in [-0.2, 0) is 4.79 Å². The van der Waals surface area contributed by atoms with E-state index in [1.807, 2.05) is 12.1 Å². The summed E-state index contributed by atoms with van der Waals surface area (Å²) >= 11 is 6.92. The maximum atomic E-state index is 12.0. The number of nitro groups is 1. The summed E-state index contributed by atoms with van der Waals surface area (Å²) in [6.07, 6.45) is 0. The third-order valence-electron chi connectivity index (χ3n) is 3.03. The number of thioether (sulfide) groups is 1. The second kappa shape index (κ2) is 6.90. The van der Waals surface area contributed by atoms with E-state index in [1.165, 1.54) is 18.2 Å². The van der Waals surface area contributed by atoms with Crippen LogP contribution in [0.1, 0.15) is 0 Å². The molecule has 0 spiro atoms. The van der Waals surface area contributed by atoms with Gasteiger partial charge in [-0.1, -0.05) is 35.5 Å². The molecule has 0 fully saturated rings. The first kappa shape index (κ1) is 16.3. The van der Waals surface area contributed by atoms with E-state index in [0.29, 0.717) is 21.3 Å². The predicted molar refractivity (Wildman–Crippen MR) is 91.5 cm³/mol. The van der Waals surface area contributed by atoms with Gasteiger partial charge in [0.25, 0.3) is 10.9 Å². The molecule has 0 atom stereocenters.